The summed E-state index contributed by atoms with van der Waals surface area (Å²) in [7, 11) is 0. The number of nitrogens with one attached hydrogen (secondary N) is 1. The van der Waals surface area contributed by atoms with Crippen LogP contribution in [0.1, 0.15) is 31.5 Å². The Balaban J connectivity index is 2.00. The average molecular weight is 245 g/mol. The van der Waals surface area contributed by atoms with Crippen LogP contribution < -0.4 is 0 Å². The van der Waals surface area contributed by atoms with E-state index in [0.29, 0.717) is 5.92 Å². The molecule has 0 bridgehead atoms. The monoisotopic (exact) mass is 245 g/mol. The summed E-state index contributed by atoms with van der Waals surface area (Å²) >= 11 is 0. The molecule has 2 N–H and O–H groups in total. The van der Waals surface area contributed by atoms with Crippen LogP contribution in [0.5, 0.6) is 0 Å². The number of H-pyrrole nitrogens is 1. The lowest BCUT2D eigenvalue weighted by atomic mass is 9.96. The van der Waals surface area contributed by atoms with Crippen LogP contribution in [0.3, 0.4) is 0 Å². The summed E-state index contributed by atoms with van der Waals surface area (Å²) in [5.41, 5.74) is 1.72. The molecule has 18 heavy (non-hydrogen) atoms. The minimum absolute atomic E-state index is 0.00935. The third-order valence-corrected chi connectivity index (χ3v) is 3.77. The number of aromatic amines is 1. The molecule has 0 spiro atoms. The van der Waals surface area contributed by atoms with E-state index in [1.54, 1.807) is 12.4 Å². The number of rotatable bonds is 2. The number of hydrogen-bond donors (Lipinski definition) is 2. The van der Waals surface area contributed by atoms with Crippen molar-refractivity contribution in [3.05, 3.63) is 24.3 Å². The number of carboxylic acids is 1. The SMILES string of the molecule is CC1CC(C(=O)O)C(c2nc3ccncc3[nH]2)C1. The third-order valence-electron chi connectivity index (χ3n) is 3.77. The molecule has 3 atom stereocenters. The molecule has 2 aromatic heterocycles. The van der Waals surface area contributed by atoms with Crippen molar-refractivity contribution < 1.29 is 9.90 Å². The molecule has 2 heterocycles. The fraction of sp³-hybridized carbons (Fsp3) is 0.462. The second kappa shape index (κ2) is 4.08. The summed E-state index contributed by atoms with van der Waals surface area (Å²) in [5.74, 6) is 0.165. The zero-order valence-electron chi connectivity index (χ0n) is 10.1. The Hall–Kier alpha value is -1.91. The first-order chi connectivity index (χ1) is 8.65. The Morgan fingerprint density at radius 1 is 1.50 bits per heavy atom. The van der Waals surface area contributed by atoms with Gasteiger partial charge in [0.2, 0.25) is 0 Å². The minimum Gasteiger partial charge on any atom is -0.481 e. The molecule has 1 fully saturated rings. The molecule has 1 aliphatic rings. The smallest absolute Gasteiger partial charge is 0.307 e. The topological polar surface area (TPSA) is 78.9 Å². The van der Waals surface area contributed by atoms with Gasteiger partial charge in [-0.25, -0.2) is 4.98 Å². The van der Waals surface area contributed by atoms with Crippen molar-refractivity contribution in [3.8, 4) is 0 Å². The van der Waals surface area contributed by atoms with Gasteiger partial charge in [-0.05, 0) is 24.8 Å². The average Bonchev–Trinajstić information content (AvgIpc) is 2.91. The van der Waals surface area contributed by atoms with E-state index >= 15 is 0 Å². The summed E-state index contributed by atoms with van der Waals surface area (Å²) < 4.78 is 0. The lowest BCUT2D eigenvalue weighted by Gasteiger charge is -2.12. The van der Waals surface area contributed by atoms with Crippen molar-refractivity contribution in [2.75, 3.05) is 0 Å². The van der Waals surface area contributed by atoms with Crippen molar-refractivity contribution in [2.24, 2.45) is 11.8 Å². The number of nitrogens with zero attached hydrogens (tertiary/aromatic N) is 2. The van der Waals surface area contributed by atoms with Crippen LogP contribution in [0, 0.1) is 11.8 Å². The Bertz CT molecular complexity index is 560. The molecule has 3 unspecified atom stereocenters. The normalized spacial score (nSPS) is 27.7. The summed E-state index contributed by atoms with van der Waals surface area (Å²) in [6.07, 6.45) is 5.03. The molecular formula is C13H15N3O2. The first-order valence-corrected chi connectivity index (χ1v) is 6.17. The number of aromatic nitrogens is 3. The molecule has 0 amide bonds. The summed E-state index contributed by atoms with van der Waals surface area (Å²) in [4.78, 5) is 23.0. The van der Waals surface area contributed by atoms with Gasteiger partial charge >= 0.3 is 5.97 Å². The van der Waals surface area contributed by atoms with Gasteiger partial charge in [0.05, 0.1) is 23.1 Å². The van der Waals surface area contributed by atoms with Crippen molar-refractivity contribution in [2.45, 2.75) is 25.7 Å². The number of aliphatic carboxylic acids is 1. The number of imidazole rings is 1. The highest BCUT2D eigenvalue weighted by atomic mass is 16.4. The molecule has 94 valence electrons. The van der Waals surface area contributed by atoms with Crippen molar-refractivity contribution >= 4 is 17.0 Å². The van der Waals surface area contributed by atoms with Crippen molar-refractivity contribution in [3.63, 3.8) is 0 Å². The van der Waals surface area contributed by atoms with Gasteiger partial charge in [0.1, 0.15) is 5.82 Å². The lowest BCUT2D eigenvalue weighted by Crippen LogP contribution is -2.17. The standard InChI is InChI=1S/C13H15N3O2/c1-7-4-8(9(5-7)13(17)18)12-15-10-2-3-14-6-11(10)16-12/h2-3,6-9H,4-5H2,1H3,(H,15,16)(H,17,18). The molecule has 0 radical (unpaired) electrons. The number of carboxylic acid groups (broad SMARTS) is 1. The van der Waals surface area contributed by atoms with E-state index in [9.17, 15) is 9.90 Å². The largest absolute Gasteiger partial charge is 0.481 e. The van der Waals surface area contributed by atoms with Crippen molar-refractivity contribution in [1.82, 2.24) is 15.0 Å². The summed E-state index contributed by atoms with van der Waals surface area (Å²) in [5, 5.41) is 9.28. The van der Waals surface area contributed by atoms with Gasteiger partial charge in [0.15, 0.2) is 0 Å². The van der Waals surface area contributed by atoms with Crippen LogP contribution in [0.2, 0.25) is 0 Å². The second-order valence-electron chi connectivity index (χ2n) is 5.14. The Morgan fingerprint density at radius 2 is 2.33 bits per heavy atom. The molecular weight excluding hydrogens is 230 g/mol. The van der Waals surface area contributed by atoms with Gasteiger partial charge in [-0.1, -0.05) is 6.92 Å². The fourth-order valence-corrected chi connectivity index (χ4v) is 2.92. The van der Waals surface area contributed by atoms with Gasteiger partial charge in [0, 0.05) is 12.1 Å². The van der Waals surface area contributed by atoms with Crippen molar-refractivity contribution in [1.29, 1.82) is 0 Å². The van der Waals surface area contributed by atoms with E-state index in [2.05, 4.69) is 21.9 Å². The maximum absolute atomic E-state index is 11.3. The number of hydrogen-bond acceptors (Lipinski definition) is 3. The summed E-state index contributed by atoms with van der Waals surface area (Å²) in [6, 6.07) is 1.84. The maximum atomic E-state index is 11.3. The molecule has 3 rings (SSSR count). The van der Waals surface area contributed by atoms with Crippen LogP contribution in [0.25, 0.3) is 11.0 Å². The molecule has 2 aromatic rings. The predicted molar refractivity (Wildman–Crippen MR) is 66.2 cm³/mol. The van der Waals surface area contributed by atoms with Crippen LogP contribution in [-0.2, 0) is 4.79 Å². The molecule has 5 heteroatoms. The number of fused-ring (bicyclic) bond motifs is 1. The van der Waals surface area contributed by atoms with E-state index in [0.717, 1.165) is 29.7 Å². The molecule has 0 saturated heterocycles. The number of carbonyl (C=O) groups is 1. The van der Waals surface area contributed by atoms with E-state index in [4.69, 9.17) is 0 Å². The molecule has 0 aliphatic heterocycles. The van der Waals surface area contributed by atoms with Crippen LogP contribution in [-0.4, -0.2) is 26.0 Å². The van der Waals surface area contributed by atoms with E-state index in [-0.39, 0.29) is 11.8 Å². The molecule has 5 nitrogen and oxygen atoms in total. The van der Waals surface area contributed by atoms with E-state index < -0.39 is 5.97 Å². The maximum Gasteiger partial charge on any atom is 0.307 e. The Labute approximate surface area is 104 Å². The Kier molecular flexibility index (Phi) is 2.54. The highest BCUT2D eigenvalue weighted by molar-refractivity contribution is 5.75. The van der Waals surface area contributed by atoms with Crippen LogP contribution >= 0.6 is 0 Å². The zero-order valence-corrected chi connectivity index (χ0v) is 10.1. The van der Waals surface area contributed by atoms with E-state index in [1.807, 2.05) is 6.07 Å². The quantitative estimate of drug-likeness (QED) is 0.849. The van der Waals surface area contributed by atoms with Gasteiger partial charge in [-0.2, -0.15) is 0 Å². The highest BCUT2D eigenvalue weighted by Gasteiger charge is 2.39. The van der Waals surface area contributed by atoms with Gasteiger partial charge < -0.3 is 10.1 Å². The first kappa shape index (κ1) is 11.2. The van der Waals surface area contributed by atoms with Crippen LogP contribution in [0.4, 0.5) is 0 Å². The first-order valence-electron chi connectivity index (χ1n) is 6.17. The zero-order chi connectivity index (χ0) is 12.7. The third kappa shape index (κ3) is 1.75. The van der Waals surface area contributed by atoms with Gasteiger partial charge in [-0.3, -0.25) is 9.78 Å². The van der Waals surface area contributed by atoms with E-state index in [1.165, 1.54) is 0 Å². The van der Waals surface area contributed by atoms with Gasteiger partial charge in [0.25, 0.3) is 0 Å². The Morgan fingerprint density at radius 3 is 3.06 bits per heavy atom. The predicted octanol–water partition coefficient (Wildman–Crippen LogP) is 2.17. The fourth-order valence-electron chi connectivity index (χ4n) is 2.92. The molecule has 0 aromatic carbocycles. The lowest BCUT2D eigenvalue weighted by molar-refractivity contribution is -0.142. The number of pyridine rings is 1. The van der Waals surface area contributed by atoms with Crippen LogP contribution in [0.15, 0.2) is 18.5 Å². The molecule has 1 aliphatic carbocycles. The van der Waals surface area contributed by atoms with Gasteiger partial charge in [-0.15, -0.1) is 0 Å². The summed E-state index contributed by atoms with van der Waals surface area (Å²) in [6.45, 7) is 2.10. The highest BCUT2D eigenvalue weighted by Crippen LogP contribution is 2.42. The molecule has 1 saturated carbocycles. The minimum atomic E-state index is -0.720. The second-order valence-corrected chi connectivity index (χ2v) is 5.14.